The summed E-state index contributed by atoms with van der Waals surface area (Å²) in [6.07, 6.45) is 1.19. The Balaban J connectivity index is 1.79. The average molecular weight is 516 g/mol. The molecule has 0 saturated carbocycles. The number of nitrogens with zero attached hydrogens (tertiary/aromatic N) is 2. The second-order valence-corrected chi connectivity index (χ2v) is 11.0. The molecule has 0 radical (unpaired) electrons. The van der Waals surface area contributed by atoms with E-state index >= 15 is 0 Å². The van der Waals surface area contributed by atoms with Crippen molar-refractivity contribution in [3.63, 3.8) is 0 Å². The second-order valence-electron chi connectivity index (χ2n) is 8.18. The van der Waals surface area contributed by atoms with Gasteiger partial charge >= 0.3 is 0 Å². The molecule has 0 fully saturated rings. The molecule has 0 saturated heterocycles. The largest absolute Gasteiger partial charge is 0.326 e. The summed E-state index contributed by atoms with van der Waals surface area (Å²) in [6.45, 7) is 0.632. The molecular weight excluding hydrogens is 493 g/mol. The van der Waals surface area contributed by atoms with Gasteiger partial charge in [-0.25, -0.2) is 8.42 Å². The fourth-order valence-corrected chi connectivity index (χ4v) is 4.82. The minimum absolute atomic E-state index is 0.0555. The molecule has 176 valence electrons. The monoisotopic (exact) mass is 515 g/mol. The van der Waals surface area contributed by atoms with Gasteiger partial charge in [-0.05, 0) is 61.1 Å². The number of halogens is 2. The van der Waals surface area contributed by atoms with Crippen LogP contribution in [-0.2, 0) is 27.6 Å². The first-order chi connectivity index (χ1) is 16.0. The van der Waals surface area contributed by atoms with Gasteiger partial charge in [0.2, 0.25) is 5.91 Å². The summed E-state index contributed by atoms with van der Waals surface area (Å²) in [5.41, 5.74) is 3.82. The number of sulfone groups is 1. The van der Waals surface area contributed by atoms with Crippen LogP contribution < -0.4 is 5.32 Å². The van der Waals surface area contributed by atoms with Gasteiger partial charge in [0, 0.05) is 24.1 Å². The molecule has 9 heteroatoms. The lowest BCUT2D eigenvalue weighted by Gasteiger charge is -2.15. The van der Waals surface area contributed by atoms with Crippen molar-refractivity contribution in [2.75, 3.05) is 25.7 Å². The Morgan fingerprint density at radius 1 is 1.03 bits per heavy atom. The number of rotatable bonds is 7. The number of nitrogens with one attached hydrogen (secondary N) is 1. The van der Waals surface area contributed by atoms with Crippen LogP contribution in [-0.4, -0.2) is 39.6 Å². The first-order valence-electron chi connectivity index (χ1n) is 10.2. The highest BCUT2D eigenvalue weighted by atomic mass is 35.5. The predicted octanol–water partition coefficient (Wildman–Crippen LogP) is 5.18. The Morgan fingerprint density at radius 3 is 2.18 bits per heavy atom. The van der Waals surface area contributed by atoms with Crippen molar-refractivity contribution in [2.45, 2.75) is 17.9 Å². The summed E-state index contributed by atoms with van der Waals surface area (Å²) in [7, 11) is 0.567. The molecule has 0 atom stereocenters. The second kappa shape index (κ2) is 10.6. The maximum atomic E-state index is 12.5. The number of benzene rings is 3. The van der Waals surface area contributed by atoms with Crippen LogP contribution in [0.4, 0.5) is 5.69 Å². The van der Waals surface area contributed by atoms with Crippen LogP contribution in [0.1, 0.15) is 16.7 Å². The zero-order chi connectivity index (χ0) is 25.0. The zero-order valence-electron chi connectivity index (χ0n) is 18.9. The van der Waals surface area contributed by atoms with E-state index in [0.29, 0.717) is 44.5 Å². The lowest BCUT2D eigenvalue weighted by atomic mass is 9.99. The predicted molar refractivity (Wildman–Crippen MR) is 136 cm³/mol. The quantitative estimate of drug-likeness (QED) is 0.468. The fourth-order valence-electron chi connectivity index (χ4n) is 3.48. The molecule has 0 heterocycles. The van der Waals surface area contributed by atoms with Crippen LogP contribution in [0.2, 0.25) is 10.0 Å². The van der Waals surface area contributed by atoms with Crippen LogP contribution in [0.25, 0.3) is 11.1 Å². The molecule has 3 aromatic rings. The van der Waals surface area contributed by atoms with Crippen LogP contribution in [0.5, 0.6) is 0 Å². The van der Waals surface area contributed by atoms with Crippen molar-refractivity contribution in [1.29, 1.82) is 5.26 Å². The fraction of sp³-hybridized carbons (Fsp3) is 0.200. The van der Waals surface area contributed by atoms with Crippen LogP contribution in [0.15, 0.2) is 59.5 Å². The molecule has 0 aliphatic carbocycles. The number of anilines is 1. The summed E-state index contributed by atoms with van der Waals surface area (Å²) in [4.78, 5) is 14.7. The van der Waals surface area contributed by atoms with Crippen molar-refractivity contribution in [3.8, 4) is 17.2 Å². The molecule has 1 amide bonds. The van der Waals surface area contributed by atoms with E-state index in [-0.39, 0.29) is 17.2 Å². The molecule has 0 aromatic heterocycles. The molecule has 0 aliphatic rings. The van der Waals surface area contributed by atoms with E-state index < -0.39 is 9.84 Å². The van der Waals surface area contributed by atoms with Gasteiger partial charge in [-0.3, -0.25) is 4.79 Å². The summed E-state index contributed by atoms with van der Waals surface area (Å²) >= 11 is 13.0. The Labute approximate surface area is 209 Å². The number of carbonyl (C=O) groups excluding carboxylic acids is 1. The maximum absolute atomic E-state index is 12.5. The van der Waals surface area contributed by atoms with E-state index in [1.54, 1.807) is 30.3 Å². The van der Waals surface area contributed by atoms with Gasteiger partial charge in [0.25, 0.3) is 0 Å². The first kappa shape index (κ1) is 25.7. The lowest BCUT2D eigenvalue weighted by Crippen LogP contribution is -2.14. The lowest BCUT2D eigenvalue weighted by molar-refractivity contribution is -0.115. The van der Waals surface area contributed by atoms with Crippen LogP contribution >= 0.6 is 23.2 Å². The number of amides is 1. The van der Waals surface area contributed by atoms with Crippen molar-refractivity contribution in [1.82, 2.24) is 4.90 Å². The van der Waals surface area contributed by atoms with E-state index in [2.05, 4.69) is 11.4 Å². The molecule has 0 aliphatic heterocycles. The molecule has 0 unspecified atom stereocenters. The smallest absolute Gasteiger partial charge is 0.228 e. The third-order valence-corrected chi connectivity index (χ3v) is 6.77. The third-order valence-electron chi connectivity index (χ3n) is 5.05. The summed E-state index contributed by atoms with van der Waals surface area (Å²) in [5.74, 6) is -0.299. The van der Waals surface area contributed by atoms with Gasteiger partial charge in [0.05, 0.1) is 33.0 Å². The molecule has 3 aromatic carbocycles. The van der Waals surface area contributed by atoms with Crippen LogP contribution in [0.3, 0.4) is 0 Å². The summed E-state index contributed by atoms with van der Waals surface area (Å²) in [6, 6.07) is 17.1. The van der Waals surface area contributed by atoms with Crippen molar-refractivity contribution < 1.29 is 13.2 Å². The van der Waals surface area contributed by atoms with Crippen LogP contribution in [0, 0.1) is 11.3 Å². The Kier molecular flexibility index (Phi) is 8.01. The molecule has 3 rings (SSSR count). The van der Waals surface area contributed by atoms with E-state index in [1.807, 2.05) is 31.1 Å². The Morgan fingerprint density at radius 2 is 1.65 bits per heavy atom. The standard InChI is InChI=1S/C25H23Cl2N3O3S/c1-30(2)15-18-7-6-17(11-19(18)14-28)25-22(26)12-20(13-23(25)27)29-24(31)10-16-4-8-21(9-5-16)34(3,32)33/h4-9,11-13H,10,15H2,1-3H3,(H,29,31). The van der Waals surface area contributed by atoms with E-state index in [4.69, 9.17) is 23.2 Å². The Hall–Kier alpha value is -2.89. The van der Waals surface area contributed by atoms with Crippen molar-refractivity contribution >= 4 is 44.6 Å². The highest BCUT2D eigenvalue weighted by Crippen LogP contribution is 2.38. The van der Waals surface area contributed by atoms with E-state index in [9.17, 15) is 18.5 Å². The first-order valence-corrected chi connectivity index (χ1v) is 12.9. The third kappa shape index (κ3) is 6.37. The van der Waals surface area contributed by atoms with Gasteiger partial charge in [-0.2, -0.15) is 5.26 Å². The van der Waals surface area contributed by atoms with E-state index in [0.717, 1.165) is 11.8 Å². The molecule has 6 nitrogen and oxygen atoms in total. The molecule has 0 spiro atoms. The highest BCUT2D eigenvalue weighted by Gasteiger charge is 2.15. The van der Waals surface area contributed by atoms with Gasteiger partial charge in [-0.1, -0.05) is 47.5 Å². The number of hydrogen-bond donors (Lipinski definition) is 1. The topological polar surface area (TPSA) is 90.3 Å². The normalized spacial score (nSPS) is 11.3. The number of carbonyl (C=O) groups is 1. The highest BCUT2D eigenvalue weighted by molar-refractivity contribution is 7.90. The summed E-state index contributed by atoms with van der Waals surface area (Å²) in [5, 5.41) is 13.0. The molecule has 0 bridgehead atoms. The van der Waals surface area contributed by atoms with Gasteiger partial charge in [0.1, 0.15) is 0 Å². The van der Waals surface area contributed by atoms with Gasteiger partial charge in [-0.15, -0.1) is 0 Å². The molecule has 1 N–H and O–H groups in total. The van der Waals surface area contributed by atoms with E-state index in [1.165, 1.54) is 12.1 Å². The number of nitriles is 1. The van der Waals surface area contributed by atoms with Crippen molar-refractivity contribution in [2.24, 2.45) is 0 Å². The molecular formula is C25H23Cl2N3O3S. The SMILES string of the molecule is CN(C)Cc1ccc(-c2c(Cl)cc(NC(=O)Cc3ccc(S(C)(=O)=O)cc3)cc2Cl)cc1C#N. The maximum Gasteiger partial charge on any atom is 0.228 e. The number of hydrogen-bond acceptors (Lipinski definition) is 5. The van der Waals surface area contributed by atoms with Crippen molar-refractivity contribution in [3.05, 3.63) is 81.3 Å². The minimum Gasteiger partial charge on any atom is -0.326 e. The molecule has 34 heavy (non-hydrogen) atoms. The van der Waals surface area contributed by atoms with Gasteiger partial charge in [0.15, 0.2) is 9.84 Å². The zero-order valence-corrected chi connectivity index (χ0v) is 21.2. The van der Waals surface area contributed by atoms with Gasteiger partial charge < -0.3 is 10.2 Å². The minimum atomic E-state index is -3.30. The summed E-state index contributed by atoms with van der Waals surface area (Å²) < 4.78 is 23.1. The Bertz CT molecular complexity index is 1360. The average Bonchev–Trinajstić information content (AvgIpc) is 2.73.